The molecule has 1 aromatic rings. The van der Waals surface area contributed by atoms with Crippen molar-refractivity contribution < 1.29 is 27.4 Å². The predicted octanol–water partition coefficient (Wildman–Crippen LogP) is 0.798. The molecule has 7 nitrogen and oxygen atoms in total. The average molecular weight is 336 g/mol. The zero-order valence-corrected chi connectivity index (χ0v) is 12.3. The van der Waals surface area contributed by atoms with E-state index in [0.29, 0.717) is 10.8 Å². The monoisotopic (exact) mass is 336 g/mol. The number of esters is 1. The lowest BCUT2D eigenvalue weighted by atomic mass is 10.2. The first kappa shape index (κ1) is 17.3. The molecule has 1 aliphatic rings. The summed E-state index contributed by atoms with van der Waals surface area (Å²) in [4.78, 5) is 35.5. The second kappa shape index (κ2) is 6.19. The lowest BCUT2D eigenvalue weighted by molar-refractivity contribution is -0.209. The maximum absolute atomic E-state index is 14.4. The maximum atomic E-state index is 14.4. The summed E-state index contributed by atoms with van der Waals surface area (Å²) >= 11 is 0. The van der Waals surface area contributed by atoms with Crippen LogP contribution in [0, 0.1) is 11.7 Å². The van der Waals surface area contributed by atoms with Crippen LogP contribution in [0.15, 0.2) is 15.8 Å². The van der Waals surface area contributed by atoms with Crippen molar-refractivity contribution in [1.29, 1.82) is 0 Å². The summed E-state index contributed by atoms with van der Waals surface area (Å²) in [6.45, 7) is 2.03. The van der Waals surface area contributed by atoms with Crippen molar-refractivity contribution in [3.8, 4) is 0 Å². The van der Waals surface area contributed by atoms with Crippen molar-refractivity contribution in [1.82, 2.24) is 9.55 Å². The van der Waals surface area contributed by atoms with Crippen molar-refractivity contribution in [2.45, 2.75) is 38.5 Å². The van der Waals surface area contributed by atoms with E-state index in [9.17, 15) is 27.6 Å². The van der Waals surface area contributed by atoms with Gasteiger partial charge in [0.2, 0.25) is 5.82 Å². The first-order valence-corrected chi connectivity index (χ1v) is 6.82. The lowest BCUT2D eigenvalue weighted by Crippen LogP contribution is -2.39. The Labute approximate surface area is 128 Å². The molecular formula is C13H15F3N2O5. The van der Waals surface area contributed by atoms with E-state index in [1.54, 1.807) is 4.98 Å². The lowest BCUT2D eigenvalue weighted by Gasteiger charge is -2.22. The van der Waals surface area contributed by atoms with Gasteiger partial charge in [0.25, 0.3) is 11.4 Å². The first-order valence-electron chi connectivity index (χ1n) is 6.82. The Morgan fingerprint density at radius 1 is 1.57 bits per heavy atom. The number of hydrogen-bond donors (Lipinski definition) is 1. The molecule has 0 amide bonds. The molecule has 1 N–H and O–H groups in total. The van der Waals surface area contributed by atoms with Gasteiger partial charge in [0.05, 0.1) is 12.1 Å². The van der Waals surface area contributed by atoms with Gasteiger partial charge in [-0.05, 0) is 0 Å². The summed E-state index contributed by atoms with van der Waals surface area (Å²) in [6, 6.07) is 0. The number of carbonyl (C=O) groups is 1. The summed E-state index contributed by atoms with van der Waals surface area (Å²) in [7, 11) is 0. The van der Waals surface area contributed by atoms with Crippen molar-refractivity contribution in [2.75, 3.05) is 6.61 Å². The number of hydrogen-bond acceptors (Lipinski definition) is 5. The fourth-order valence-corrected chi connectivity index (χ4v) is 2.01. The highest BCUT2D eigenvalue weighted by Gasteiger charge is 2.52. The summed E-state index contributed by atoms with van der Waals surface area (Å²) in [5.41, 5.74) is -2.32. The number of nitrogens with one attached hydrogen (secondary N) is 1. The molecule has 0 radical (unpaired) electrons. The van der Waals surface area contributed by atoms with E-state index < -0.39 is 60.2 Å². The summed E-state index contributed by atoms with van der Waals surface area (Å²) < 4.78 is 51.5. The third-order valence-electron chi connectivity index (χ3n) is 3.33. The smallest absolute Gasteiger partial charge is 0.330 e. The standard InChI is InChI=1S/C13H15F3N2O5/c1-6(2)11(20)22-5-13(16)8(15)3-9(23-13)18-4-7(14)10(19)17-12(18)21/h4,6,8-9H,3,5H2,1-2H3,(H,17,19,21)/t8-,9+,13+/m0/s1. The Bertz CT molecular complexity index is 716. The van der Waals surface area contributed by atoms with Crippen LogP contribution in [0.4, 0.5) is 13.2 Å². The van der Waals surface area contributed by atoms with Crippen LogP contribution in [0.2, 0.25) is 0 Å². The number of alkyl halides is 2. The molecule has 1 aromatic heterocycles. The van der Waals surface area contributed by atoms with Crippen molar-refractivity contribution in [3.63, 3.8) is 0 Å². The molecule has 10 heteroatoms. The van der Waals surface area contributed by atoms with Gasteiger partial charge in [-0.2, -0.15) is 4.39 Å². The molecule has 128 valence electrons. The third-order valence-corrected chi connectivity index (χ3v) is 3.33. The molecule has 0 unspecified atom stereocenters. The fraction of sp³-hybridized carbons (Fsp3) is 0.615. The van der Waals surface area contributed by atoms with Gasteiger partial charge in [-0.25, -0.2) is 13.6 Å². The number of halogens is 3. The van der Waals surface area contributed by atoms with Gasteiger partial charge < -0.3 is 9.47 Å². The van der Waals surface area contributed by atoms with Crippen molar-refractivity contribution in [3.05, 3.63) is 32.9 Å². The predicted molar refractivity (Wildman–Crippen MR) is 70.6 cm³/mol. The first-order chi connectivity index (χ1) is 10.6. The van der Waals surface area contributed by atoms with Crippen LogP contribution in [0.5, 0.6) is 0 Å². The van der Waals surface area contributed by atoms with E-state index in [2.05, 4.69) is 4.74 Å². The summed E-state index contributed by atoms with van der Waals surface area (Å²) in [5.74, 6) is -5.54. The van der Waals surface area contributed by atoms with Gasteiger partial charge in [0.15, 0.2) is 12.8 Å². The van der Waals surface area contributed by atoms with E-state index in [4.69, 9.17) is 4.74 Å². The van der Waals surface area contributed by atoms with Crippen LogP contribution in [0.25, 0.3) is 0 Å². The van der Waals surface area contributed by atoms with Crippen LogP contribution in [-0.4, -0.2) is 34.2 Å². The summed E-state index contributed by atoms with van der Waals surface area (Å²) in [5, 5.41) is 0. The Hall–Kier alpha value is -2.10. The number of nitrogens with zero attached hydrogens (tertiary/aromatic N) is 1. The topological polar surface area (TPSA) is 90.4 Å². The van der Waals surface area contributed by atoms with Gasteiger partial charge in [0, 0.05) is 6.42 Å². The van der Waals surface area contributed by atoms with Crippen molar-refractivity contribution >= 4 is 5.97 Å². The van der Waals surface area contributed by atoms with Crippen LogP contribution in [-0.2, 0) is 14.3 Å². The van der Waals surface area contributed by atoms with E-state index in [1.807, 2.05) is 0 Å². The minimum atomic E-state index is -2.96. The van der Waals surface area contributed by atoms with Gasteiger partial charge in [-0.3, -0.25) is 19.1 Å². The Morgan fingerprint density at radius 3 is 2.83 bits per heavy atom. The molecule has 1 saturated heterocycles. The van der Waals surface area contributed by atoms with E-state index in [-0.39, 0.29) is 0 Å². The van der Waals surface area contributed by atoms with E-state index in [0.717, 1.165) is 0 Å². The highest BCUT2D eigenvalue weighted by molar-refractivity contribution is 5.71. The molecule has 0 spiro atoms. The maximum Gasteiger partial charge on any atom is 0.330 e. The molecule has 0 aliphatic carbocycles. The molecule has 0 saturated carbocycles. The second-order valence-corrected chi connectivity index (χ2v) is 5.47. The quantitative estimate of drug-likeness (QED) is 0.821. The van der Waals surface area contributed by atoms with Crippen LogP contribution < -0.4 is 11.2 Å². The fourth-order valence-electron chi connectivity index (χ4n) is 2.01. The average Bonchev–Trinajstić information content (AvgIpc) is 2.76. The van der Waals surface area contributed by atoms with Crippen molar-refractivity contribution in [2.24, 2.45) is 5.92 Å². The van der Waals surface area contributed by atoms with Crippen LogP contribution >= 0.6 is 0 Å². The molecule has 1 fully saturated rings. The van der Waals surface area contributed by atoms with E-state index >= 15 is 0 Å². The second-order valence-electron chi connectivity index (χ2n) is 5.47. The van der Waals surface area contributed by atoms with Gasteiger partial charge in [-0.1, -0.05) is 13.8 Å². The highest BCUT2D eigenvalue weighted by Crippen LogP contribution is 2.39. The molecule has 0 aromatic carbocycles. The zero-order valence-electron chi connectivity index (χ0n) is 12.3. The molecule has 23 heavy (non-hydrogen) atoms. The van der Waals surface area contributed by atoms with Crippen LogP contribution in [0.3, 0.4) is 0 Å². The number of rotatable bonds is 4. The molecule has 2 rings (SSSR count). The Balaban J connectivity index is 2.17. The highest BCUT2D eigenvalue weighted by atomic mass is 19.2. The number of aromatic nitrogens is 2. The van der Waals surface area contributed by atoms with Gasteiger partial charge in [0.1, 0.15) is 6.23 Å². The van der Waals surface area contributed by atoms with E-state index in [1.165, 1.54) is 13.8 Å². The number of aromatic amines is 1. The third kappa shape index (κ3) is 3.46. The van der Waals surface area contributed by atoms with Gasteiger partial charge in [-0.15, -0.1) is 0 Å². The normalized spacial score (nSPS) is 27.4. The molecular weight excluding hydrogens is 321 g/mol. The number of ether oxygens (including phenoxy) is 2. The molecule has 1 aliphatic heterocycles. The Morgan fingerprint density at radius 2 is 2.22 bits per heavy atom. The van der Waals surface area contributed by atoms with Gasteiger partial charge >= 0.3 is 11.7 Å². The summed E-state index contributed by atoms with van der Waals surface area (Å²) in [6.07, 6.45) is -3.79. The minimum absolute atomic E-state index is 0.504. The minimum Gasteiger partial charge on any atom is -0.459 e. The molecule has 3 atom stereocenters. The SMILES string of the molecule is CC(C)C(=O)OC[C@@]1(F)O[C@@H](n2cc(F)c(=O)[nH]c2=O)C[C@@H]1F. The van der Waals surface area contributed by atoms with Crippen LogP contribution in [0.1, 0.15) is 26.5 Å². The number of H-pyrrole nitrogens is 1. The largest absolute Gasteiger partial charge is 0.459 e. The number of carbonyl (C=O) groups excluding carboxylic acids is 1. The Kier molecular flexibility index (Phi) is 4.64. The molecule has 0 bridgehead atoms. The zero-order chi connectivity index (χ0) is 17.4. The molecule has 2 heterocycles.